The fraction of sp³-hybridized carbons (Fsp3) is 0.882. The molecular formula is C17H35NOS. The van der Waals surface area contributed by atoms with Gasteiger partial charge < -0.3 is 9.08 Å². The van der Waals surface area contributed by atoms with Crippen LogP contribution in [0.1, 0.15) is 60.3 Å². The minimum Gasteiger partial charge on any atom is -0.303 e. The minimum absolute atomic E-state index is 0.454. The molecule has 0 N–H and O–H groups in total. The smallest absolute Gasteiger partial charge is 0.122 e. The van der Waals surface area contributed by atoms with Gasteiger partial charge in [-0.25, -0.2) is 0 Å². The molecule has 3 heteroatoms. The number of likely N-dealkylation sites (tertiary alicyclic amines) is 1. The molecule has 0 spiro atoms. The van der Waals surface area contributed by atoms with Crippen LogP contribution in [0, 0.1) is 17.8 Å². The third kappa shape index (κ3) is 17.8. The maximum Gasteiger partial charge on any atom is 0.122 e. The lowest BCUT2D eigenvalue weighted by atomic mass is 10.1. The first-order valence-electron chi connectivity index (χ1n) is 8.07. The summed E-state index contributed by atoms with van der Waals surface area (Å²) in [4.78, 5) is 2.57. The van der Waals surface area contributed by atoms with Crippen LogP contribution in [0.4, 0.5) is 0 Å². The van der Waals surface area contributed by atoms with Gasteiger partial charge in [0, 0.05) is 12.2 Å². The van der Waals surface area contributed by atoms with E-state index in [1.165, 1.54) is 57.4 Å². The Balaban J connectivity index is 0. The Bertz CT molecular complexity index is 224. The van der Waals surface area contributed by atoms with Crippen molar-refractivity contribution in [3.05, 3.63) is 0 Å². The Morgan fingerprint density at radius 2 is 1.75 bits per heavy atom. The molecule has 0 aromatic rings. The van der Waals surface area contributed by atoms with Gasteiger partial charge in [-0.1, -0.05) is 52.9 Å². The molecule has 0 aromatic carbocycles. The highest BCUT2D eigenvalue weighted by molar-refractivity contribution is 7.93. The van der Waals surface area contributed by atoms with Crippen LogP contribution in [0.5, 0.6) is 0 Å². The molecule has 120 valence electrons. The van der Waals surface area contributed by atoms with Crippen LogP contribution < -0.4 is 0 Å². The van der Waals surface area contributed by atoms with Crippen LogP contribution in [-0.4, -0.2) is 37.4 Å². The number of hydrogen-bond donors (Lipinski definition) is 0. The predicted molar refractivity (Wildman–Crippen MR) is 94.0 cm³/mol. The third-order valence-corrected chi connectivity index (χ3v) is 2.98. The monoisotopic (exact) mass is 301 g/mol. The second kappa shape index (κ2) is 18.8. The first-order valence-corrected chi connectivity index (χ1v) is 9.22. The summed E-state index contributed by atoms with van der Waals surface area (Å²) in [5.74, 6) is 6.34. The number of piperidine rings is 1. The van der Waals surface area contributed by atoms with Crippen molar-refractivity contribution >= 4 is 12.0 Å². The zero-order valence-electron chi connectivity index (χ0n) is 14.5. The van der Waals surface area contributed by atoms with Crippen LogP contribution in [0.2, 0.25) is 0 Å². The van der Waals surface area contributed by atoms with E-state index in [1.807, 2.05) is 20.1 Å². The van der Waals surface area contributed by atoms with Gasteiger partial charge in [0.25, 0.3) is 0 Å². The molecule has 0 aromatic heterocycles. The lowest BCUT2D eigenvalue weighted by Gasteiger charge is -2.25. The molecule has 0 atom stereocenters. The van der Waals surface area contributed by atoms with Crippen molar-refractivity contribution < 1.29 is 4.18 Å². The molecule has 1 heterocycles. The van der Waals surface area contributed by atoms with Gasteiger partial charge in [-0.2, -0.15) is 0 Å². The summed E-state index contributed by atoms with van der Waals surface area (Å²) in [5, 5.41) is 0. The highest BCUT2D eigenvalue weighted by Gasteiger charge is 2.07. The maximum atomic E-state index is 4.93. The fourth-order valence-electron chi connectivity index (χ4n) is 1.83. The van der Waals surface area contributed by atoms with Gasteiger partial charge in [0.05, 0.1) is 0 Å². The maximum absolute atomic E-state index is 4.93. The van der Waals surface area contributed by atoms with Crippen molar-refractivity contribution in [2.24, 2.45) is 5.92 Å². The minimum atomic E-state index is 0.454. The van der Waals surface area contributed by atoms with Gasteiger partial charge in [0.2, 0.25) is 0 Å². The Kier molecular flexibility index (Phi) is 20.8. The highest BCUT2D eigenvalue weighted by Crippen LogP contribution is 2.07. The molecule has 0 radical (unpaired) electrons. The lowest BCUT2D eigenvalue weighted by molar-refractivity contribution is 0.229. The molecular weight excluding hydrogens is 266 g/mol. The van der Waals surface area contributed by atoms with E-state index in [4.69, 9.17) is 4.18 Å². The predicted octanol–water partition coefficient (Wildman–Crippen LogP) is 4.85. The average Bonchev–Trinajstić information content (AvgIpc) is 2.48. The van der Waals surface area contributed by atoms with E-state index in [0.29, 0.717) is 12.5 Å². The van der Waals surface area contributed by atoms with E-state index in [-0.39, 0.29) is 0 Å². The van der Waals surface area contributed by atoms with Crippen LogP contribution in [-0.2, 0) is 4.18 Å². The molecule has 0 amide bonds. The summed E-state index contributed by atoms with van der Waals surface area (Å²) >= 11 is 1.35. The normalized spacial score (nSPS) is 14.3. The van der Waals surface area contributed by atoms with Crippen molar-refractivity contribution in [2.45, 2.75) is 60.3 Å². The standard InChI is InChI=1S/C8H17N.C7H12OS.C2H6/c1-2-6-9-7-4-3-5-8-9;1-7(2)5-4-6-8-9-3;1-2/h2-8H2,1H3;7H,6H2,1-3H3;1-2H3. The fourth-order valence-corrected chi connectivity index (χ4v) is 2.01. The van der Waals surface area contributed by atoms with E-state index in [0.717, 1.165) is 0 Å². The molecule has 0 aliphatic carbocycles. The summed E-state index contributed by atoms with van der Waals surface area (Å²) in [5.41, 5.74) is 0. The molecule has 0 bridgehead atoms. The molecule has 1 rings (SSSR count). The second-order valence-electron chi connectivity index (χ2n) is 4.81. The Morgan fingerprint density at radius 1 is 1.15 bits per heavy atom. The van der Waals surface area contributed by atoms with Gasteiger partial charge >= 0.3 is 0 Å². The highest BCUT2D eigenvalue weighted by atomic mass is 32.2. The molecule has 1 aliphatic rings. The van der Waals surface area contributed by atoms with E-state index in [2.05, 4.69) is 37.5 Å². The average molecular weight is 302 g/mol. The van der Waals surface area contributed by atoms with Crippen LogP contribution in [0.25, 0.3) is 0 Å². The number of hydrogen-bond acceptors (Lipinski definition) is 3. The van der Waals surface area contributed by atoms with Gasteiger partial charge in [0.1, 0.15) is 6.61 Å². The van der Waals surface area contributed by atoms with Gasteiger partial charge in [0.15, 0.2) is 0 Å². The Hall–Kier alpha value is -0.170. The molecule has 20 heavy (non-hydrogen) atoms. The number of rotatable bonds is 4. The number of nitrogens with zero attached hydrogens (tertiary/aromatic N) is 1. The zero-order valence-corrected chi connectivity index (χ0v) is 15.3. The van der Waals surface area contributed by atoms with Crippen molar-refractivity contribution in [1.29, 1.82) is 0 Å². The summed E-state index contributed by atoms with van der Waals surface area (Å²) in [7, 11) is 0. The first kappa shape index (κ1) is 22.1. The van der Waals surface area contributed by atoms with Crippen molar-refractivity contribution in [1.82, 2.24) is 4.90 Å². The van der Waals surface area contributed by atoms with Crippen molar-refractivity contribution in [3.8, 4) is 11.8 Å². The van der Waals surface area contributed by atoms with Crippen LogP contribution >= 0.6 is 12.0 Å². The molecule has 1 fully saturated rings. The van der Waals surface area contributed by atoms with Crippen LogP contribution in [0.15, 0.2) is 0 Å². The van der Waals surface area contributed by atoms with Gasteiger partial charge in [-0.3, -0.25) is 0 Å². The lowest BCUT2D eigenvalue weighted by Crippen LogP contribution is -2.30. The van der Waals surface area contributed by atoms with E-state index in [9.17, 15) is 0 Å². The van der Waals surface area contributed by atoms with E-state index >= 15 is 0 Å². The first-order chi connectivity index (χ1) is 9.70. The van der Waals surface area contributed by atoms with E-state index < -0.39 is 0 Å². The molecule has 0 unspecified atom stereocenters. The van der Waals surface area contributed by atoms with Crippen LogP contribution in [0.3, 0.4) is 0 Å². The van der Waals surface area contributed by atoms with Gasteiger partial charge in [-0.05, 0) is 50.9 Å². The topological polar surface area (TPSA) is 12.5 Å². The Morgan fingerprint density at radius 3 is 2.20 bits per heavy atom. The largest absolute Gasteiger partial charge is 0.303 e. The molecule has 0 saturated carbocycles. The van der Waals surface area contributed by atoms with Crippen molar-refractivity contribution in [2.75, 3.05) is 32.5 Å². The van der Waals surface area contributed by atoms with Crippen molar-refractivity contribution in [3.63, 3.8) is 0 Å². The molecule has 1 aliphatic heterocycles. The zero-order chi connectivity index (χ0) is 15.6. The van der Waals surface area contributed by atoms with E-state index in [1.54, 1.807) is 0 Å². The molecule has 1 saturated heterocycles. The van der Waals surface area contributed by atoms with Gasteiger partial charge in [-0.15, -0.1) is 0 Å². The summed E-state index contributed by atoms with van der Waals surface area (Å²) in [6.45, 7) is 15.0. The quantitative estimate of drug-likeness (QED) is 0.418. The SMILES string of the molecule is CC.CCCN1CCCCC1.CSOCC#CC(C)C. The summed E-state index contributed by atoms with van der Waals surface area (Å²) < 4.78 is 4.93. The third-order valence-electron chi connectivity index (χ3n) is 2.63. The summed E-state index contributed by atoms with van der Waals surface area (Å²) in [6.07, 6.45) is 7.53. The second-order valence-corrected chi connectivity index (χ2v) is 5.38. The molecule has 2 nitrogen and oxygen atoms in total. The Labute approximate surface area is 132 Å². The summed E-state index contributed by atoms with van der Waals surface area (Å²) in [6, 6.07) is 0.